The van der Waals surface area contributed by atoms with Crippen molar-refractivity contribution in [2.75, 3.05) is 19.5 Å². The fourth-order valence-corrected chi connectivity index (χ4v) is 2.60. The summed E-state index contributed by atoms with van der Waals surface area (Å²) in [6.07, 6.45) is 0. The molecule has 0 atom stereocenters. The summed E-state index contributed by atoms with van der Waals surface area (Å²) in [4.78, 5) is 15.7. The Morgan fingerprint density at radius 2 is 2.09 bits per heavy atom. The number of benzene rings is 1. The maximum Gasteiger partial charge on any atom is 0.357 e. The van der Waals surface area contributed by atoms with Gasteiger partial charge in [-0.1, -0.05) is 29.8 Å². The maximum atomic E-state index is 11.7. The van der Waals surface area contributed by atoms with E-state index in [1.165, 1.54) is 7.11 Å². The van der Waals surface area contributed by atoms with Crippen LogP contribution in [0.5, 0.6) is 5.75 Å². The van der Waals surface area contributed by atoms with Crippen LogP contribution in [0.4, 0.5) is 5.69 Å². The van der Waals surface area contributed by atoms with Gasteiger partial charge < -0.3 is 14.8 Å². The molecule has 116 valence electrons. The first kappa shape index (κ1) is 16.6. The summed E-state index contributed by atoms with van der Waals surface area (Å²) in [5, 5.41) is 3.41. The van der Waals surface area contributed by atoms with E-state index in [-0.39, 0.29) is 10.8 Å². The number of carbonyl (C=O) groups is 1. The van der Waals surface area contributed by atoms with Gasteiger partial charge in [0.15, 0.2) is 5.69 Å². The van der Waals surface area contributed by atoms with Gasteiger partial charge in [-0.15, -0.1) is 0 Å². The summed E-state index contributed by atoms with van der Waals surface area (Å²) >= 11 is 9.31. The molecule has 0 saturated carbocycles. The first-order chi connectivity index (χ1) is 10.6. The molecule has 0 aliphatic rings. The quantitative estimate of drug-likeness (QED) is 0.625. The van der Waals surface area contributed by atoms with E-state index in [9.17, 15) is 4.79 Å². The van der Waals surface area contributed by atoms with Gasteiger partial charge in [0.2, 0.25) is 0 Å². The third kappa shape index (κ3) is 3.69. The van der Waals surface area contributed by atoms with E-state index in [0.717, 1.165) is 11.3 Å². The minimum absolute atomic E-state index is 0.123. The Bertz CT molecular complexity index is 694. The maximum absolute atomic E-state index is 11.7. The van der Waals surface area contributed by atoms with Crippen LogP contribution in [0.1, 0.15) is 16.1 Å². The number of nitrogens with one attached hydrogen (secondary N) is 1. The number of methoxy groups -OCH3 is 2. The number of anilines is 1. The highest BCUT2D eigenvalue weighted by Crippen LogP contribution is 2.29. The molecule has 5 nitrogen and oxygen atoms in total. The monoisotopic (exact) mass is 384 g/mol. The predicted molar refractivity (Wildman–Crippen MR) is 88.6 cm³/mol. The second-order valence-corrected chi connectivity index (χ2v) is 5.49. The summed E-state index contributed by atoms with van der Waals surface area (Å²) in [5.74, 6) is 0.217. The molecule has 2 rings (SSSR count). The molecule has 0 radical (unpaired) electrons. The Morgan fingerprint density at radius 1 is 1.36 bits per heavy atom. The highest BCUT2D eigenvalue weighted by Gasteiger charge is 2.17. The standard InChI is InChI=1S/C15H14BrClN2O3/c1-21-11-6-4-3-5-9(11)8-18-10-7-12(17)19-14(13(10)16)15(20)22-2/h3-7H,8H2,1-2H3,(H,18,19). The molecule has 0 unspecified atom stereocenters. The van der Waals surface area contributed by atoms with Crippen LogP contribution in [0.3, 0.4) is 0 Å². The molecule has 0 bridgehead atoms. The smallest absolute Gasteiger partial charge is 0.357 e. The molecule has 0 aliphatic carbocycles. The van der Waals surface area contributed by atoms with Gasteiger partial charge in [0.05, 0.1) is 24.4 Å². The van der Waals surface area contributed by atoms with Gasteiger partial charge >= 0.3 is 5.97 Å². The van der Waals surface area contributed by atoms with Gasteiger partial charge in [-0.2, -0.15) is 0 Å². The molecular weight excluding hydrogens is 372 g/mol. The lowest BCUT2D eigenvalue weighted by molar-refractivity contribution is 0.0593. The molecule has 0 aliphatic heterocycles. The molecule has 2 aromatic rings. The lowest BCUT2D eigenvalue weighted by Crippen LogP contribution is -2.09. The molecule has 0 spiro atoms. The van der Waals surface area contributed by atoms with Crippen molar-refractivity contribution in [2.45, 2.75) is 6.54 Å². The average Bonchev–Trinajstić information content (AvgIpc) is 2.54. The number of rotatable bonds is 5. The highest BCUT2D eigenvalue weighted by molar-refractivity contribution is 9.10. The van der Waals surface area contributed by atoms with Gasteiger partial charge in [0.25, 0.3) is 0 Å². The number of pyridine rings is 1. The van der Waals surface area contributed by atoms with Crippen LogP contribution in [0.25, 0.3) is 0 Å². The Balaban J connectivity index is 2.26. The van der Waals surface area contributed by atoms with Crippen molar-refractivity contribution >= 4 is 39.2 Å². The summed E-state index contributed by atoms with van der Waals surface area (Å²) in [6.45, 7) is 0.504. The molecular formula is C15H14BrClN2O3. The Labute approximate surface area is 141 Å². The fraction of sp³-hybridized carbons (Fsp3) is 0.200. The van der Waals surface area contributed by atoms with Gasteiger partial charge in [0, 0.05) is 12.1 Å². The molecule has 1 aromatic carbocycles. The molecule has 1 N–H and O–H groups in total. The van der Waals surface area contributed by atoms with Crippen molar-refractivity contribution < 1.29 is 14.3 Å². The van der Waals surface area contributed by atoms with Crippen LogP contribution in [-0.2, 0) is 11.3 Å². The second kappa shape index (κ2) is 7.47. The van der Waals surface area contributed by atoms with Crippen LogP contribution < -0.4 is 10.1 Å². The van der Waals surface area contributed by atoms with Crippen molar-refractivity contribution in [1.82, 2.24) is 4.98 Å². The van der Waals surface area contributed by atoms with Gasteiger partial charge in [-0.25, -0.2) is 9.78 Å². The zero-order valence-electron chi connectivity index (χ0n) is 12.0. The topological polar surface area (TPSA) is 60.5 Å². The number of esters is 1. The Kier molecular flexibility index (Phi) is 5.63. The van der Waals surface area contributed by atoms with E-state index in [1.807, 2.05) is 24.3 Å². The first-order valence-electron chi connectivity index (χ1n) is 6.37. The van der Waals surface area contributed by atoms with Crippen molar-refractivity contribution in [2.24, 2.45) is 0 Å². The van der Waals surface area contributed by atoms with E-state index in [2.05, 4.69) is 31.0 Å². The summed E-state index contributed by atoms with van der Waals surface area (Å²) in [7, 11) is 2.91. The van der Waals surface area contributed by atoms with E-state index in [0.29, 0.717) is 16.7 Å². The highest BCUT2D eigenvalue weighted by atomic mass is 79.9. The molecule has 0 saturated heterocycles. The lowest BCUT2D eigenvalue weighted by atomic mass is 10.2. The number of hydrogen-bond donors (Lipinski definition) is 1. The van der Waals surface area contributed by atoms with Crippen LogP contribution >= 0.6 is 27.5 Å². The van der Waals surface area contributed by atoms with Crippen molar-refractivity contribution in [3.8, 4) is 5.75 Å². The van der Waals surface area contributed by atoms with Crippen LogP contribution in [0, 0.1) is 0 Å². The minimum Gasteiger partial charge on any atom is -0.496 e. The predicted octanol–water partition coefficient (Wildman–Crippen LogP) is 3.90. The Morgan fingerprint density at radius 3 is 2.77 bits per heavy atom. The molecule has 1 aromatic heterocycles. The number of para-hydroxylation sites is 1. The van der Waals surface area contributed by atoms with Crippen molar-refractivity contribution in [1.29, 1.82) is 0 Å². The van der Waals surface area contributed by atoms with E-state index in [4.69, 9.17) is 16.3 Å². The average molecular weight is 386 g/mol. The van der Waals surface area contributed by atoms with Crippen LogP contribution in [-0.4, -0.2) is 25.2 Å². The normalized spacial score (nSPS) is 10.2. The van der Waals surface area contributed by atoms with Crippen molar-refractivity contribution in [3.63, 3.8) is 0 Å². The van der Waals surface area contributed by atoms with Crippen LogP contribution in [0.2, 0.25) is 5.15 Å². The zero-order valence-corrected chi connectivity index (χ0v) is 14.4. The number of carbonyl (C=O) groups excluding carboxylic acids is 1. The van der Waals surface area contributed by atoms with Crippen molar-refractivity contribution in [3.05, 3.63) is 51.2 Å². The van der Waals surface area contributed by atoms with E-state index in [1.54, 1.807) is 13.2 Å². The summed E-state index contributed by atoms with van der Waals surface area (Å²) in [6, 6.07) is 9.29. The number of aromatic nitrogens is 1. The fourth-order valence-electron chi connectivity index (χ4n) is 1.90. The third-order valence-corrected chi connectivity index (χ3v) is 3.96. The van der Waals surface area contributed by atoms with Crippen LogP contribution in [0.15, 0.2) is 34.8 Å². The van der Waals surface area contributed by atoms with Gasteiger partial charge in [-0.3, -0.25) is 0 Å². The third-order valence-electron chi connectivity index (χ3n) is 2.97. The second-order valence-electron chi connectivity index (χ2n) is 4.31. The van der Waals surface area contributed by atoms with E-state index >= 15 is 0 Å². The molecule has 1 heterocycles. The summed E-state index contributed by atoms with van der Waals surface area (Å²) in [5.41, 5.74) is 1.74. The lowest BCUT2D eigenvalue weighted by Gasteiger charge is -2.13. The minimum atomic E-state index is -0.560. The Hall–Kier alpha value is -1.79. The molecule has 0 amide bonds. The molecule has 7 heteroatoms. The van der Waals surface area contributed by atoms with Gasteiger partial charge in [-0.05, 0) is 28.1 Å². The largest absolute Gasteiger partial charge is 0.496 e. The number of ether oxygens (including phenoxy) is 2. The zero-order chi connectivity index (χ0) is 16.1. The van der Waals surface area contributed by atoms with Gasteiger partial charge in [0.1, 0.15) is 10.9 Å². The van der Waals surface area contributed by atoms with E-state index < -0.39 is 5.97 Å². The molecule has 0 fully saturated rings. The molecule has 22 heavy (non-hydrogen) atoms. The SMILES string of the molecule is COC(=O)c1nc(Cl)cc(NCc2ccccc2OC)c1Br. The number of halogens is 2. The summed E-state index contributed by atoms with van der Waals surface area (Å²) < 4.78 is 10.5. The number of nitrogens with zero attached hydrogens (tertiary/aromatic N) is 1. The first-order valence-corrected chi connectivity index (χ1v) is 7.54. The number of hydrogen-bond acceptors (Lipinski definition) is 5.